The molecule has 2 heterocycles. The number of para-hydroxylation sites is 1. The molecule has 4 aromatic rings. The number of aliphatic hydroxyl groups is 1. The molecule has 3 aromatic carbocycles. The summed E-state index contributed by atoms with van der Waals surface area (Å²) >= 11 is 0. The number of likely N-dealkylation sites (tertiary alicyclic amines) is 1. The van der Waals surface area contributed by atoms with Crippen molar-refractivity contribution in [2.45, 2.75) is 19.5 Å². The molecule has 0 aliphatic carbocycles. The Bertz CT molecular complexity index is 1500. The molecule has 184 valence electrons. The Kier molecular flexibility index (Phi) is 6.51. The SMILES string of the molecule is Cc1cc(/C(O)=C2/C(=O)C(=O)N(Cc3ccncc3)C2c2cccc(Oc3ccccc3)c2)ccc1F. The van der Waals surface area contributed by atoms with E-state index in [0.717, 1.165) is 5.56 Å². The molecule has 1 saturated heterocycles. The van der Waals surface area contributed by atoms with Gasteiger partial charge in [-0.05, 0) is 78.2 Å². The van der Waals surface area contributed by atoms with Gasteiger partial charge < -0.3 is 14.7 Å². The van der Waals surface area contributed by atoms with Crippen molar-refractivity contribution in [3.63, 3.8) is 0 Å². The van der Waals surface area contributed by atoms with Crippen molar-refractivity contribution in [2.24, 2.45) is 0 Å². The summed E-state index contributed by atoms with van der Waals surface area (Å²) in [5.41, 5.74) is 1.85. The van der Waals surface area contributed by atoms with E-state index in [9.17, 15) is 19.1 Å². The monoisotopic (exact) mass is 494 g/mol. The minimum absolute atomic E-state index is 0.0677. The molecule has 1 atom stereocenters. The van der Waals surface area contributed by atoms with Crippen molar-refractivity contribution in [3.8, 4) is 11.5 Å². The highest BCUT2D eigenvalue weighted by Gasteiger charge is 2.46. The maximum Gasteiger partial charge on any atom is 0.295 e. The summed E-state index contributed by atoms with van der Waals surface area (Å²) in [6, 6.07) is 23.0. The van der Waals surface area contributed by atoms with Gasteiger partial charge in [0.15, 0.2) is 0 Å². The second kappa shape index (κ2) is 10.1. The fourth-order valence-electron chi connectivity index (χ4n) is 4.39. The van der Waals surface area contributed by atoms with Crippen molar-refractivity contribution in [3.05, 3.63) is 131 Å². The Morgan fingerprint density at radius 2 is 1.68 bits per heavy atom. The number of carbonyl (C=O) groups is 2. The van der Waals surface area contributed by atoms with Crippen molar-refractivity contribution >= 4 is 17.4 Å². The van der Waals surface area contributed by atoms with Crippen LogP contribution in [0.1, 0.15) is 28.3 Å². The maximum absolute atomic E-state index is 13.9. The maximum atomic E-state index is 13.9. The zero-order valence-corrected chi connectivity index (χ0v) is 20.0. The Morgan fingerprint density at radius 1 is 0.946 bits per heavy atom. The molecule has 0 spiro atoms. The van der Waals surface area contributed by atoms with Crippen LogP contribution < -0.4 is 4.74 Å². The largest absolute Gasteiger partial charge is 0.507 e. The molecule has 1 fully saturated rings. The first-order valence-corrected chi connectivity index (χ1v) is 11.7. The lowest BCUT2D eigenvalue weighted by molar-refractivity contribution is -0.140. The van der Waals surface area contributed by atoms with Crippen LogP contribution in [0.3, 0.4) is 0 Å². The van der Waals surface area contributed by atoms with E-state index in [1.807, 2.05) is 30.3 Å². The first kappa shape index (κ1) is 23.9. The van der Waals surface area contributed by atoms with E-state index in [4.69, 9.17) is 4.74 Å². The smallest absolute Gasteiger partial charge is 0.295 e. The number of Topliss-reactive ketones (excluding diaryl/α,β-unsaturated/α-hetero) is 1. The molecule has 5 rings (SSSR count). The van der Waals surface area contributed by atoms with Gasteiger partial charge in [0.25, 0.3) is 11.7 Å². The van der Waals surface area contributed by atoms with E-state index in [1.165, 1.54) is 23.1 Å². The summed E-state index contributed by atoms with van der Waals surface area (Å²) < 4.78 is 19.9. The summed E-state index contributed by atoms with van der Waals surface area (Å²) in [7, 11) is 0. The summed E-state index contributed by atoms with van der Waals surface area (Å²) in [5.74, 6) is -1.21. The van der Waals surface area contributed by atoms with Crippen LogP contribution in [0.4, 0.5) is 4.39 Å². The van der Waals surface area contributed by atoms with Gasteiger partial charge in [-0.1, -0.05) is 30.3 Å². The summed E-state index contributed by atoms with van der Waals surface area (Å²) in [6.07, 6.45) is 3.22. The predicted molar refractivity (Wildman–Crippen MR) is 136 cm³/mol. The van der Waals surface area contributed by atoms with Crippen molar-refractivity contribution in [1.82, 2.24) is 9.88 Å². The van der Waals surface area contributed by atoms with Gasteiger partial charge in [0.05, 0.1) is 11.6 Å². The number of ketones is 1. The third kappa shape index (κ3) is 4.84. The number of nitrogens with zero attached hydrogens (tertiary/aromatic N) is 2. The molecule has 1 unspecified atom stereocenters. The van der Waals surface area contributed by atoms with Gasteiger partial charge in [-0.3, -0.25) is 14.6 Å². The minimum Gasteiger partial charge on any atom is -0.507 e. The number of benzene rings is 3. The van der Waals surface area contributed by atoms with E-state index >= 15 is 0 Å². The number of aliphatic hydroxyl groups excluding tert-OH is 1. The number of aromatic nitrogens is 1. The van der Waals surface area contributed by atoms with Crippen LogP contribution in [0.5, 0.6) is 11.5 Å². The first-order chi connectivity index (χ1) is 17.9. The van der Waals surface area contributed by atoms with Crippen LogP contribution >= 0.6 is 0 Å². The minimum atomic E-state index is -0.891. The zero-order valence-electron chi connectivity index (χ0n) is 20.0. The van der Waals surface area contributed by atoms with Gasteiger partial charge in [0.1, 0.15) is 23.1 Å². The first-order valence-electron chi connectivity index (χ1n) is 11.7. The van der Waals surface area contributed by atoms with Gasteiger partial charge in [0, 0.05) is 24.5 Å². The molecule has 7 heteroatoms. The van der Waals surface area contributed by atoms with Gasteiger partial charge in [-0.25, -0.2) is 4.39 Å². The number of aryl methyl sites for hydroxylation is 1. The highest BCUT2D eigenvalue weighted by molar-refractivity contribution is 6.46. The van der Waals surface area contributed by atoms with Crippen LogP contribution in [-0.4, -0.2) is 26.7 Å². The van der Waals surface area contributed by atoms with Crippen molar-refractivity contribution in [2.75, 3.05) is 0 Å². The molecule has 1 aromatic heterocycles. The summed E-state index contributed by atoms with van der Waals surface area (Å²) in [4.78, 5) is 32.0. The average Bonchev–Trinajstić information content (AvgIpc) is 3.16. The molecule has 0 saturated carbocycles. The van der Waals surface area contributed by atoms with Gasteiger partial charge in [-0.15, -0.1) is 0 Å². The lowest BCUT2D eigenvalue weighted by Crippen LogP contribution is -2.29. The second-order valence-electron chi connectivity index (χ2n) is 8.73. The number of hydrogen-bond donors (Lipinski definition) is 1. The molecular weight excluding hydrogens is 471 g/mol. The molecule has 0 bridgehead atoms. The van der Waals surface area contributed by atoms with E-state index in [0.29, 0.717) is 22.6 Å². The molecule has 0 radical (unpaired) electrons. The Hall–Kier alpha value is -4.78. The third-order valence-corrected chi connectivity index (χ3v) is 6.23. The van der Waals surface area contributed by atoms with Crippen LogP contribution in [-0.2, 0) is 16.1 Å². The molecule has 1 aliphatic rings. The highest BCUT2D eigenvalue weighted by Crippen LogP contribution is 2.41. The van der Waals surface area contributed by atoms with Crippen molar-refractivity contribution in [1.29, 1.82) is 0 Å². The molecular formula is C30H23FN2O4. The molecule has 37 heavy (non-hydrogen) atoms. The predicted octanol–water partition coefficient (Wildman–Crippen LogP) is 5.94. The van der Waals surface area contributed by atoms with Gasteiger partial charge in [0.2, 0.25) is 0 Å². The third-order valence-electron chi connectivity index (χ3n) is 6.23. The van der Waals surface area contributed by atoms with Crippen LogP contribution in [0, 0.1) is 12.7 Å². The summed E-state index contributed by atoms with van der Waals surface area (Å²) in [6.45, 7) is 1.69. The second-order valence-corrected chi connectivity index (χ2v) is 8.73. The Balaban J connectivity index is 1.62. The fourth-order valence-corrected chi connectivity index (χ4v) is 4.39. The van der Waals surface area contributed by atoms with Crippen LogP contribution in [0.2, 0.25) is 0 Å². The highest BCUT2D eigenvalue weighted by atomic mass is 19.1. The molecule has 6 nitrogen and oxygen atoms in total. The van der Waals surface area contributed by atoms with E-state index in [-0.39, 0.29) is 23.4 Å². The number of ether oxygens (including phenoxy) is 1. The lowest BCUT2D eigenvalue weighted by Gasteiger charge is -2.26. The number of amides is 1. The summed E-state index contributed by atoms with van der Waals surface area (Å²) in [5, 5.41) is 11.3. The van der Waals surface area contributed by atoms with E-state index in [2.05, 4.69) is 4.98 Å². The standard InChI is InChI=1S/C30H23FN2O4/c1-19-16-22(10-11-25(19)31)28(34)26-27(33(30(36)29(26)35)18-20-12-14-32-15-13-20)21-6-5-9-24(17-21)37-23-7-3-2-4-8-23/h2-17,27,34H,18H2,1H3/b28-26-. The van der Waals surface area contributed by atoms with Crippen molar-refractivity contribution < 1.29 is 23.8 Å². The topological polar surface area (TPSA) is 79.7 Å². The van der Waals surface area contributed by atoms with E-state index in [1.54, 1.807) is 55.7 Å². The average molecular weight is 495 g/mol. The van der Waals surface area contributed by atoms with Gasteiger partial charge in [-0.2, -0.15) is 0 Å². The number of hydrogen-bond acceptors (Lipinski definition) is 5. The fraction of sp³-hybridized carbons (Fsp3) is 0.100. The normalized spacial score (nSPS) is 16.7. The van der Waals surface area contributed by atoms with Crippen LogP contribution in [0.25, 0.3) is 5.76 Å². The number of carbonyl (C=O) groups excluding carboxylic acids is 2. The Labute approximate surface area is 213 Å². The van der Waals surface area contributed by atoms with Gasteiger partial charge >= 0.3 is 0 Å². The van der Waals surface area contributed by atoms with Crippen LogP contribution in [0.15, 0.2) is 103 Å². The lowest BCUT2D eigenvalue weighted by atomic mass is 9.94. The number of rotatable bonds is 6. The zero-order chi connectivity index (χ0) is 25.9. The molecule has 1 N–H and O–H groups in total. The Morgan fingerprint density at radius 3 is 2.41 bits per heavy atom. The molecule has 1 aliphatic heterocycles. The van der Waals surface area contributed by atoms with E-state index < -0.39 is 23.5 Å². The number of pyridine rings is 1. The quantitative estimate of drug-likeness (QED) is 0.204. The molecule has 1 amide bonds. The number of halogens is 1.